The second kappa shape index (κ2) is 6.76. The first-order valence-corrected chi connectivity index (χ1v) is 11.3. The Labute approximate surface area is 193 Å². The standard InChI is InChI=1S/C23H23FN10/c1-10-17-14(19(17)25)9-33(10)22-18-13-5-11(24)6-15(26-2)20(13)30-21(18)31-23(32-22)29-12-7-27-16-3-4-28-34(16)8-12/h3-8,10,14,17,19,26H,9,25H2,1-2H3,(H2,29,30,31,32)/t10-,14+,17?,19+/m1/s1. The molecule has 5 N–H and O–H groups in total. The summed E-state index contributed by atoms with van der Waals surface area (Å²) in [5, 5.41) is 12.1. The van der Waals surface area contributed by atoms with Gasteiger partial charge in [0.2, 0.25) is 5.95 Å². The molecule has 0 radical (unpaired) electrons. The summed E-state index contributed by atoms with van der Waals surface area (Å²) in [6, 6.07) is 5.32. The van der Waals surface area contributed by atoms with Gasteiger partial charge in [-0.3, -0.25) is 0 Å². The van der Waals surface area contributed by atoms with E-state index in [-0.39, 0.29) is 17.9 Å². The van der Waals surface area contributed by atoms with Crippen molar-refractivity contribution in [3.05, 3.63) is 42.6 Å². The average molecular weight is 459 g/mol. The minimum atomic E-state index is -0.316. The van der Waals surface area contributed by atoms with Crippen LogP contribution in [-0.4, -0.2) is 55.2 Å². The fourth-order valence-electron chi connectivity index (χ4n) is 5.54. The van der Waals surface area contributed by atoms with Crippen LogP contribution in [0.15, 0.2) is 36.8 Å². The smallest absolute Gasteiger partial charge is 0.231 e. The van der Waals surface area contributed by atoms with Crippen molar-refractivity contribution in [1.29, 1.82) is 0 Å². The van der Waals surface area contributed by atoms with E-state index in [1.807, 2.05) is 12.3 Å². The maximum absolute atomic E-state index is 14.5. The van der Waals surface area contributed by atoms with Crippen molar-refractivity contribution in [3.8, 4) is 0 Å². The molecule has 1 aromatic carbocycles. The Morgan fingerprint density at radius 1 is 1.26 bits per heavy atom. The number of rotatable bonds is 4. The van der Waals surface area contributed by atoms with Gasteiger partial charge in [-0.1, -0.05) is 0 Å². The lowest BCUT2D eigenvalue weighted by atomic mass is 10.1. The van der Waals surface area contributed by atoms with Crippen LogP contribution >= 0.6 is 0 Å². The first-order valence-electron chi connectivity index (χ1n) is 11.3. The highest BCUT2D eigenvalue weighted by atomic mass is 19.1. The minimum absolute atomic E-state index is 0.232. The number of hydrogen-bond acceptors (Lipinski definition) is 8. The van der Waals surface area contributed by atoms with Crippen LogP contribution < -0.4 is 21.3 Å². The number of piperidine rings is 1. The Morgan fingerprint density at radius 2 is 2.15 bits per heavy atom. The van der Waals surface area contributed by atoms with E-state index in [1.54, 1.807) is 24.0 Å². The predicted octanol–water partition coefficient (Wildman–Crippen LogP) is 2.86. The summed E-state index contributed by atoms with van der Waals surface area (Å²) in [5.41, 5.74) is 9.81. The Morgan fingerprint density at radius 3 is 2.94 bits per heavy atom. The molecular weight excluding hydrogens is 435 g/mol. The molecule has 1 aliphatic carbocycles. The van der Waals surface area contributed by atoms with Gasteiger partial charge in [-0.15, -0.1) is 0 Å². The molecule has 7 rings (SSSR count). The number of H-pyrrole nitrogens is 1. The lowest BCUT2D eigenvalue weighted by Crippen LogP contribution is -2.36. The molecule has 5 aromatic rings. The highest BCUT2D eigenvalue weighted by molar-refractivity contribution is 6.15. The molecule has 4 aromatic heterocycles. The van der Waals surface area contributed by atoms with Gasteiger partial charge in [-0.2, -0.15) is 15.1 Å². The van der Waals surface area contributed by atoms with Crippen LogP contribution in [-0.2, 0) is 0 Å². The van der Waals surface area contributed by atoms with Gasteiger partial charge < -0.3 is 26.3 Å². The van der Waals surface area contributed by atoms with E-state index in [9.17, 15) is 4.39 Å². The second-order valence-electron chi connectivity index (χ2n) is 9.16. The number of aromatic nitrogens is 6. The van der Waals surface area contributed by atoms with Gasteiger partial charge in [0.1, 0.15) is 17.3 Å². The first-order chi connectivity index (χ1) is 16.5. The van der Waals surface area contributed by atoms with E-state index >= 15 is 0 Å². The van der Waals surface area contributed by atoms with Crippen LogP contribution in [0.1, 0.15) is 6.92 Å². The third kappa shape index (κ3) is 2.70. The van der Waals surface area contributed by atoms with Crippen LogP contribution in [0.2, 0.25) is 0 Å². The van der Waals surface area contributed by atoms with E-state index in [2.05, 4.69) is 37.5 Å². The number of nitrogens with two attached hydrogens (primary N) is 1. The van der Waals surface area contributed by atoms with Crippen molar-refractivity contribution in [1.82, 2.24) is 29.5 Å². The molecule has 2 fully saturated rings. The van der Waals surface area contributed by atoms with Crippen LogP contribution in [0.5, 0.6) is 0 Å². The Balaban J connectivity index is 1.41. The zero-order valence-electron chi connectivity index (χ0n) is 18.6. The molecule has 5 heterocycles. The first kappa shape index (κ1) is 19.5. The quantitative estimate of drug-likeness (QED) is 0.324. The fraction of sp³-hybridized carbons (Fsp3) is 0.304. The van der Waals surface area contributed by atoms with E-state index in [0.717, 1.165) is 34.3 Å². The molecule has 1 saturated heterocycles. The van der Waals surface area contributed by atoms with Crippen LogP contribution in [0.25, 0.3) is 27.6 Å². The molecule has 1 saturated carbocycles. The lowest BCUT2D eigenvalue weighted by Gasteiger charge is -2.27. The molecule has 0 spiro atoms. The number of fused-ring (bicyclic) bond motifs is 5. The number of halogens is 1. The summed E-state index contributed by atoms with van der Waals surface area (Å²) >= 11 is 0. The van der Waals surface area contributed by atoms with Crippen molar-refractivity contribution < 1.29 is 4.39 Å². The van der Waals surface area contributed by atoms with Crippen LogP contribution in [0.3, 0.4) is 0 Å². The van der Waals surface area contributed by atoms with E-state index in [0.29, 0.717) is 34.8 Å². The summed E-state index contributed by atoms with van der Waals surface area (Å²) in [6.45, 7) is 3.00. The van der Waals surface area contributed by atoms with Crippen molar-refractivity contribution >= 4 is 50.7 Å². The zero-order valence-corrected chi connectivity index (χ0v) is 18.6. The number of nitrogens with one attached hydrogen (secondary N) is 3. The van der Waals surface area contributed by atoms with E-state index in [1.165, 1.54) is 12.1 Å². The van der Waals surface area contributed by atoms with Crippen molar-refractivity contribution in [2.75, 3.05) is 29.1 Å². The largest absolute Gasteiger partial charge is 0.386 e. The normalized spacial score (nSPS) is 23.7. The van der Waals surface area contributed by atoms with Gasteiger partial charge in [0, 0.05) is 43.0 Å². The average Bonchev–Trinajstić information content (AvgIpc) is 3.20. The fourth-order valence-corrected chi connectivity index (χ4v) is 5.54. The lowest BCUT2D eigenvalue weighted by molar-refractivity contribution is 0.612. The molecule has 34 heavy (non-hydrogen) atoms. The molecule has 1 unspecified atom stereocenters. The predicted molar refractivity (Wildman–Crippen MR) is 129 cm³/mol. The van der Waals surface area contributed by atoms with Crippen LogP contribution in [0.4, 0.5) is 27.5 Å². The highest BCUT2D eigenvalue weighted by Gasteiger charge is 2.58. The zero-order chi connectivity index (χ0) is 23.1. The molecule has 172 valence electrons. The van der Waals surface area contributed by atoms with Crippen molar-refractivity contribution in [2.45, 2.75) is 19.0 Å². The maximum Gasteiger partial charge on any atom is 0.231 e. The van der Waals surface area contributed by atoms with E-state index < -0.39 is 0 Å². The molecular formula is C23H23FN10. The van der Waals surface area contributed by atoms with Gasteiger partial charge in [0.15, 0.2) is 5.65 Å². The van der Waals surface area contributed by atoms with Gasteiger partial charge in [0.25, 0.3) is 0 Å². The molecule has 4 atom stereocenters. The second-order valence-corrected chi connectivity index (χ2v) is 9.16. The number of aromatic amines is 1. The molecule has 0 bridgehead atoms. The summed E-state index contributed by atoms with van der Waals surface area (Å²) in [5.74, 6) is 1.78. The Bertz CT molecular complexity index is 1590. The third-order valence-corrected chi connectivity index (χ3v) is 7.30. The summed E-state index contributed by atoms with van der Waals surface area (Å²) in [6.07, 6.45) is 5.25. The summed E-state index contributed by atoms with van der Waals surface area (Å²) in [4.78, 5) is 19.7. The van der Waals surface area contributed by atoms with Gasteiger partial charge >= 0.3 is 0 Å². The van der Waals surface area contributed by atoms with Gasteiger partial charge in [0.05, 0.1) is 40.9 Å². The number of benzene rings is 1. The molecule has 0 amide bonds. The molecule has 2 aliphatic rings. The van der Waals surface area contributed by atoms with Crippen LogP contribution in [0, 0.1) is 17.7 Å². The van der Waals surface area contributed by atoms with Gasteiger partial charge in [-0.25, -0.2) is 13.9 Å². The Kier molecular flexibility index (Phi) is 3.87. The summed E-state index contributed by atoms with van der Waals surface area (Å²) in [7, 11) is 1.77. The van der Waals surface area contributed by atoms with Gasteiger partial charge in [-0.05, 0) is 25.0 Å². The van der Waals surface area contributed by atoms with Crippen molar-refractivity contribution in [3.63, 3.8) is 0 Å². The minimum Gasteiger partial charge on any atom is -0.386 e. The number of anilines is 4. The molecule has 11 heteroatoms. The third-order valence-electron chi connectivity index (χ3n) is 7.30. The highest BCUT2D eigenvalue weighted by Crippen LogP contribution is 2.51. The summed E-state index contributed by atoms with van der Waals surface area (Å²) < 4.78 is 16.2. The SMILES string of the molecule is CNc1cc(F)cc2c1[nH]c1nc(Nc3cnc4ccnn4c3)nc(N3C[C@H]4C([C@H]4N)[C@H]3C)c12. The Hall–Kier alpha value is -3.99. The van der Waals surface area contributed by atoms with E-state index in [4.69, 9.17) is 15.7 Å². The number of nitrogens with zero attached hydrogens (tertiary/aromatic N) is 6. The topological polar surface area (TPSA) is 125 Å². The monoisotopic (exact) mass is 458 g/mol. The molecule has 10 nitrogen and oxygen atoms in total. The van der Waals surface area contributed by atoms with Crippen molar-refractivity contribution in [2.24, 2.45) is 17.6 Å². The number of hydrogen-bond donors (Lipinski definition) is 4. The molecule has 1 aliphatic heterocycles. The maximum atomic E-state index is 14.5.